The van der Waals surface area contributed by atoms with E-state index in [2.05, 4.69) is 5.32 Å². The van der Waals surface area contributed by atoms with Crippen LogP contribution in [-0.4, -0.2) is 37.4 Å². The van der Waals surface area contributed by atoms with Crippen LogP contribution in [-0.2, 0) is 9.53 Å². The largest absolute Gasteiger partial charge is 0.494 e. The number of carbonyl (C=O) groups excluding carboxylic acids is 1. The van der Waals surface area contributed by atoms with E-state index < -0.39 is 5.41 Å². The van der Waals surface area contributed by atoms with E-state index in [1.807, 2.05) is 26.0 Å². The molecule has 1 aromatic rings. The van der Waals surface area contributed by atoms with Crippen molar-refractivity contribution in [1.82, 2.24) is 0 Å². The van der Waals surface area contributed by atoms with Gasteiger partial charge in [-0.3, -0.25) is 4.79 Å². The van der Waals surface area contributed by atoms with E-state index in [1.165, 1.54) is 0 Å². The molecule has 1 amide bonds. The summed E-state index contributed by atoms with van der Waals surface area (Å²) < 4.78 is 10.5. The van der Waals surface area contributed by atoms with Crippen LogP contribution in [0.4, 0.5) is 5.69 Å². The van der Waals surface area contributed by atoms with Crippen molar-refractivity contribution in [3.63, 3.8) is 0 Å². The highest BCUT2D eigenvalue weighted by molar-refractivity contribution is 5.96. The monoisotopic (exact) mass is 265 g/mol. The van der Waals surface area contributed by atoms with Gasteiger partial charge in [-0.2, -0.15) is 0 Å². The van der Waals surface area contributed by atoms with Gasteiger partial charge in [-0.25, -0.2) is 0 Å². The van der Waals surface area contributed by atoms with Crippen LogP contribution in [0.25, 0.3) is 0 Å². The Labute approximate surface area is 112 Å². The molecule has 0 bridgehead atoms. The molecule has 1 aliphatic rings. The van der Waals surface area contributed by atoms with Gasteiger partial charge in [-0.15, -0.1) is 0 Å². The molecule has 0 unspecified atom stereocenters. The van der Waals surface area contributed by atoms with Gasteiger partial charge in [0, 0.05) is 5.69 Å². The molecule has 2 N–H and O–H groups in total. The molecule has 1 saturated heterocycles. The SMILES string of the molecule is CCOc1ccc(NC(=O)C2(CO)COC2)cc1C. The predicted molar refractivity (Wildman–Crippen MR) is 71.3 cm³/mol. The fourth-order valence-corrected chi connectivity index (χ4v) is 1.95. The van der Waals surface area contributed by atoms with Gasteiger partial charge in [0.1, 0.15) is 11.2 Å². The maximum absolute atomic E-state index is 12.1. The molecule has 5 nitrogen and oxygen atoms in total. The third-order valence-corrected chi connectivity index (χ3v) is 3.27. The molecular weight excluding hydrogens is 246 g/mol. The summed E-state index contributed by atoms with van der Waals surface area (Å²) in [5, 5.41) is 12.1. The van der Waals surface area contributed by atoms with Crippen LogP contribution in [0.5, 0.6) is 5.75 Å². The summed E-state index contributed by atoms with van der Waals surface area (Å²) in [5.74, 6) is 0.606. The van der Waals surface area contributed by atoms with E-state index in [0.717, 1.165) is 11.3 Å². The molecule has 0 aliphatic carbocycles. The number of nitrogens with one attached hydrogen (secondary N) is 1. The molecule has 1 heterocycles. The lowest BCUT2D eigenvalue weighted by atomic mass is 9.86. The molecule has 19 heavy (non-hydrogen) atoms. The molecule has 1 aliphatic heterocycles. The summed E-state index contributed by atoms with van der Waals surface area (Å²) in [6.07, 6.45) is 0. The quantitative estimate of drug-likeness (QED) is 0.843. The summed E-state index contributed by atoms with van der Waals surface area (Å²) >= 11 is 0. The number of benzene rings is 1. The van der Waals surface area contributed by atoms with Crippen LogP contribution < -0.4 is 10.1 Å². The Hall–Kier alpha value is -1.59. The molecule has 5 heteroatoms. The number of anilines is 1. The molecule has 0 saturated carbocycles. The number of hydrogen-bond acceptors (Lipinski definition) is 4. The number of ether oxygens (including phenoxy) is 2. The number of aliphatic hydroxyl groups is 1. The zero-order chi connectivity index (χ0) is 13.9. The zero-order valence-electron chi connectivity index (χ0n) is 11.2. The highest BCUT2D eigenvalue weighted by Gasteiger charge is 2.45. The fourth-order valence-electron chi connectivity index (χ4n) is 1.95. The summed E-state index contributed by atoms with van der Waals surface area (Å²) in [5.41, 5.74) is 0.875. The van der Waals surface area contributed by atoms with Crippen LogP contribution in [0.15, 0.2) is 18.2 Å². The molecule has 0 aromatic heterocycles. The Morgan fingerprint density at radius 1 is 1.53 bits per heavy atom. The van der Waals surface area contributed by atoms with E-state index >= 15 is 0 Å². The molecule has 1 aromatic carbocycles. The van der Waals surface area contributed by atoms with Crippen molar-refractivity contribution in [3.8, 4) is 5.75 Å². The van der Waals surface area contributed by atoms with Gasteiger partial charge in [-0.05, 0) is 37.6 Å². The van der Waals surface area contributed by atoms with Gasteiger partial charge in [0.15, 0.2) is 0 Å². The van der Waals surface area contributed by atoms with Crippen LogP contribution >= 0.6 is 0 Å². The molecule has 0 radical (unpaired) electrons. The molecule has 0 spiro atoms. The highest BCUT2D eigenvalue weighted by atomic mass is 16.5. The molecule has 2 rings (SSSR count). The second-order valence-electron chi connectivity index (χ2n) is 4.80. The topological polar surface area (TPSA) is 67.8 Å². The number of hydrogen-bond donors (Lipinski definition) is 2. The van der Waals surface area contributed by atoms with E-state index in [0.29, 0.717) is 12.3 Å². The normalized spacial score (nSPS) is 16.6. The first-order valence-corrected chi connectivity index (χ1v) is 6.35. The van der Waals surface area contributed by atoms with Gasteiger partial charge in [0.05, 0.1) is 26.4 Å². The maximum atomic E-state index is 12.1. The van der Waals surface area contributed by atoms with Crippen molar-refractivity contribution in [2.45, 2.75) is 13.8 Å². The van der Waals surface area contributed by atoms with Crippen LogP contribution in [0.2, 0.25) is 0 Å². The Kier molecular flexibility index (Phi) is 4.07. The smallest absolute Gasteiger partial charge is 0.237 e. The van der Waals surface area contributed by atoms with E-state index in [1.54, 1.807) is 6.07 Å². The Bertz CT molecular complexity index is 463. The Morgan fingerprint density at radius 2 is 2.26 bits per heavy atom. The lowest BCUT2D eigenvalue weighted by Crippen LogP contribution is -2.54. The summed E-state index contributed by atoms with van der Waals surface area (Å²) in [4.78, 5) is 12.1. The zero-order valence-corrected chi connectivity index (χ0v) is 11.2. The minimum absolute atomic E-state index is 0.200. The Morgan fingerprint density at radius 3 is 2.74 bits per heavy atom. The third kappa shape index (κ3) is 2.72. The average molecular weight is 265 g/mol. The van der Waals surface area contributed by atoms with E-state index in [-0.39, 0.29) is 25.7 Å². The molecule has 0 atom stereocenters. The van der Waals surface area contributed by atoms with Gasteiger partial charge in [0.2, 0.25) is 5.91 Å². The first-order valence-electron chi connectivity index (χ1n) is 6.35. The number of aliphatic hydroxyl groups excluding tert-OH is 1. The number of carbonyl (C=O) groups is 1. The third-order valence-electron chi connectivity index (χ3n) is 3.27. The second kappa shape index (κ2) is 5.59. The van der Waals surface area contributed by atoms with Gasteiger partial charge in [0.25, 0.3) is 0 Å². The van der Waals surface area contributed by atoms with Crippen LogP contribution in [0.1, 0.15) is 12.5 Å². The number of aryl methyl sites for hydroxylation is 1. The maximum Gasteiger partial charge on any atom is 0.237 e. The van der Waals surface area contributed by atoms with E-state index in [9.17, 15) is 9.90 Å². The van der Waals surface area contributed by atoms with Crippen LogP contribution in [0.3, 0.4) is 0 Å². The van der Waals surface area contributed by atoms with Crippen molar-refractivity contribution in [3.05, 3.63) is 23.8 Å². The predicted octanol–water partition coefficient (Wildman–Crippen LogP) is 1.34. The van der Waals surface area contributed by atoms with Crippen molar-refractivity contribution >= 4 is 11.6 Å². The fraction of sp³-hybridized carbons (Fsp3) is 0.500. The van der Waals surface area contributed by atoms with Crippen molar-refractivity contribution in [2.24, 2.45) is 5.41 Å². The van der Waals surface area contributed by atoms with Crippen molar-refractivity contribution in [1.29, 1.82) is 0 Å². The first-order chi connectivity index (χ1) is 9.11. The van der Waals surface area contributed by atoms with Crippen LogP contribution in [0, 0.1) is 12.3 Å². The van der Waals surface area contributed by atoms with Gasteiger partial charge in [-0.1, -0.05) is 0 Å². The minimum atomic E-state index is -0.785. The Balaban J connectivity index is 2.07. The lowest BCUT2D eigenvalue weighted by Gasteiger charge is -2.38. The van der Waals surface area contributed by atoms with Crippen molar-refractivity contribution in [2.75, 3.05) is 31.7 Å². The number of amides is 1. The average Bonchev–Trinajstić information content (AvgIpc) is 2.32. The molecule has 1 fully saturated rings. The molecule has 104 valence electrons. The van der Waals surface area contributed by atoms with Crippen molar-refractivity contribution < 1.29 is 19.4 Å². The van der Waals surface area contributed by atoms with Gasteiger partial charge >= 0.3 is 0 Å². The second-order valence-corrected chi connectivity index (χ2v) is 4.80. The summed E-state index contributed by atoms with van der Waals surface area (Å²) in [6, 6.07) is 5.48. The van der Waals surface area contributed by atoms with Gasteiger partial charge < -0.3 is 19.9 Å². The van der Waals surface area contributed by atoms with E-state index in [4.69, 9.17) is 9.47 Å². The summed E-state index contributed by atoms with van der Waals surface area (Å²) in [7, 11) is 0. The summed E-state index contributed by atoms with van der Waals surface area (Å²) in [6.45, 7) is 4.80. The lowest BCUT2D eigenvalue weighted by molar-refractivity contribution is -0.164. The molecular formula is C14H19NO4. The number of rotatable bonds is 5. The standard InChI is InChI=1S/C14H19NO4/c1-3-19-12-5-4-11(6-10(12)2)15-13(17)14(7-16)8-18-9-14/h4-6,16H,3,7-9H2,1-2H3,(H,15,17). The highest BCUT2D eigenvalue weighted by Crippen LogP contribution is 2.29. The first kappa shape index (κ1) is 13.8. The minimum Gasteiger partial charge on any atom is -0.494 e.